The molecule has 3 heteroatoms. The average Bonchev–Trinajstić information content (AvgIpc) is 3.00. The summed E-state index contributed by atoms with van der Waals surface area (Å²) in [6.45, 7) is 0. The number of methoxy groups -OCH3 is 1. The van der Waals surface area contributed by atoms with E-state index in [-0.39, 0.29) is 6.04 Å². The SMILES string of the molecule is COc1ccc(C(N)CSc2ccc3c(c2)CCC3)cc1. The van der Waals surface area contributed by atoms with Crippen LogP contribution >= 0.6 is 11.8 Å². The number of nitrogens with two attached hydrogens (primary N) is 1. The van der Waals surface area contributed by atoms with Crippen LogP contribution in [-0.2, 0) is 12.8 Å². The van der Waals surface area contributed by atoms with E-state index in [2.05, 4.69) is 18.2 Å². The third-order valence-corrected chi connectivity index (χ3v) is 5.16. The highest BCUT2D eigenvalue weighted by molar-refractivity contribution is 7.99. The van der Waals surface area contributed by atoms with Gasteiger partial charge in [0.15, 0.2) is 0 Å². The lowest BCUT2D eigenvalue weighted by atomic mass is 10.1. The summed E-state index contributed by atoms with van der Waals surface area (Å²) in [5, 5.41) is 0. The quantitative estimate of drug-likeness (QED) is 0.848. The summed E-state index contributed by atoms with van der Waals surface area (Å²) in [7, 11) is 1.68. The third kappa shape index (κ3) is 3.42. The minimum Gasteiger partial charge on any atom is -0.497 e. The fraction of sp³-hybridized carbons (Fsp3) is 0.333. The van der Waals surface area contributed by atoms with Crippen LogP contribution in [0.1, 0.15) is 29.2 Å². The van der Waals surface area contributed by atoms with Gasteiger partial charge in [-0.3, -0.25) is 0 Å². The highest BCUT2D eigenvalue weighted by Crippen LogP contribution is 2.29. The molecule has 2 N–H and O–H groups in total. The molecular formula is C18H21NOS. The number of fused-ring (bicyclic) bond motifs is 1. The van der Waals surface area contributed by atoms with Crippen molar-refractivity contribution in [2.75, 3.05) is 12.9 Å². The van der Waals surface area contributed by atoms with E-state index in [4.69, 9.17) is 10.5 Å². The first-order chi connectivity index (χ1) is 10.3. The number of hydrogen-bond donors (Lipinski definition) is 1. The maximum absolute atomic E-state index is 6.29. The predicted molar refractivity (Wildman–Crippen MR) is 89.1 cm³/mol. The van der Waals surface area contributed by atoms with Crippen LogP contribution in [0.4, 0.5) is 0 Å². The average molecular weight is 299 g/mol. The van der Waals surface area contributed by atoms with E-state index >= 15 is 0 Å². The Morgan fingerprint density at radius 1 is 1.10 bits per heavy atom. The number of hydrogen-bond acceptors (Lipinski definition) is 3. The van der Waals surface area contributed by atoms with Gasteiger partial charge in [-0.1, -0.05) is 18.2 Å². The van der Waals surface area contributed by atoms with Gasteiger partial charge in [0.25, 0.3) is 0 Å². The number of rotatable bonds is 5. The van der Waals surface area contributed by atoms with E-state index in [1.807, 2.05) is 36.0 Å². The van der Waals surface area contributed by atoms with Crippen LogP contribution in [0, 0.1) is 0 Å². The molecule has 110 valence electrons. The van der Waals surface area contributed by atoms with E-state index in [1.54, 1.807) is 7.11 Å². The summed E-state index contributed by atoms with van der Waals surface area (Å²) in [6.07, 6.45) is 3.77. The molecule has 1 unspecified atom stereocenters. The second-order valence-electron chi connectivity index (χ2n) is 5.47. The molecule has 0 amide bonds. The Morgan fingerprint density at radius 2 is 1.86 bits per heavy atom. The molecule has 0 aromatic heterocycles. The first kappa shape index (κ1) is 14.5. The number of aryl methyl sites for hydroxylation is 2. The Bertz CT molecular complexity index is 609. The minimum absolute atomic E-state index is 0.0501. The van der Waals surface area contributed by atoms with Crippen LogP contribution in [0.25, 0.3) is 0 Å². The highest BCUT2D eigenvalue weighted by atomic mass is 32.2. The van der Waals surface area contributed by atoms with Crippen molar-refractivity contribution in [3.63, 3.8) is 0 Å². The van der Waals surface area contributed by atoms with Gasteiger partial charge in [0, 0.05) is 16.7 Å². The summed E-state index contributed by atoms with van der Waals surface area (Å²) in [4.78, 5) is 1.33. The lowest BCUT2D eigenvalue weighted by molar-refractivity contribution is 0.414. The minimum atomic E-state index is 0.0501. The van der Waals surface area contributed by atoms with Gasteiger partial charge < -0.3 is 10.5 Å². The van der Waals surface area contributed by atoms with E-state index < -0.39 is 0 Å². The normalized spacial score (nSPS) is 14.8. The predicted octanol–water partition coefficient (Wildman–Crippen LogP) is 3.98. The molecule has 0 spiro atoms. The Balaban J connectivity index is 1.61. The summed E-state index contributed by atoms with van der Waals surface area (Å²) < 4.78 is 5.17. The van der Waals surface area contributed by atoms with Crippen LogP contribution in [0.2, 0.25) is 0 Å². The molecule has 2 aromatic rings. The van der Waals surface area contributed by atoms with E-state index in [1.165, 1.54) is 35.3 Å². The Labute approximate surface area is 130 Å². The van der Waals surface area contributed by atoms with Gasteiger partial charge in [-0.05, 0) is 60.2 Å². The van der Waals surface area contributed by atoms with Crippen molar-refractivity contribution in [3.05, 3.63) is 59.2 Å². The van der Waals surface area contributed by atoms with Gasteiger partial charge >= 0.3 is 0 Å². The molecule has 0 saturated carbocycles. The molecule has 0 bridgehead atoms. The maximum Gasteiger partial charge on any atom is 0.118 e. The molecule has 0 saturated heterocycles. The van der Waals surface area contributed by atoms with Gasteiger partial charge in [0.2, 0.25) is 0 Å². The number of benzene rings is 2. The lowest BCUT2D eigenvalue weighted by Gasteiger charge is -2.13. The van der Waals surface area contributed by atoms with Gasteiger partial charge in [0.1, 0.15) is 5.75 Å². The first-order valence-corrected chi connectivity index (χ1v) is 8.39. The monoisotopic (exact) mass is 299 g/mol. The van der Waals surface area contributed by atoms with Gasteiger partial charge in [-0.15, -0.1) is 11.8 Å². The van der Waals surface area contributed by atoms with Gasteiger partial charge in [-0.25, -0.2) is 0 Å². The van der Waals surface area contributed by atoms with Crippen LogP contribution in [0.5, 0.6) is 5.75 Å². The third-order valence-electron chi connectivity index (χ3n) is 4.04. The molecule has 0 radical (unpaired) electrons. The Morgan fingerprint density at radius 3 is 2.62 bits per heavy atom. The smallest absolute Gasteiger partial charge is 0.118 e. The zero-order valence-electron chi connectivity index (χ0n) is 12.3. The van der Waals surface area contributed by atoms with Crippen molar-refractivity contribution in [1.82, 2.24) is 0 Å². The zero-order chi connectivity index (χ0) is 14.7. The van der Waals surface area contributed by atoms with E-state index in [0.717, 1.165) is 17.1 Å². The summed E-state index contributed by atoms with van der Waals surface area (Å²) in [6, 6.07) is 14.9. The molecule has 1 aliphatic carbocycles. The summed E-state index contributed by atoms with van der Waals surface area (Å²) in [5.74, 6) is 1.77. The largest absolute Gasteiger partial charge is 0.497 e. The van der Waals surface area contributed by atoms with E-state index in [0.29, 0.717) is 0 Å². The molecule has 3 rings (SSSR count). The van der Waals surface area contributed by atoms with Crippen molar-refractivity contribution in [2.24, 2.45) is 5.73 Å². The van der Waals surface area contributed by atoms with Crippen molar-refractivity contribution < 1.29 is 4.74 Å². The molecule has 0 fully saturated rings. The lowest BCUT2D eigenvalue weighted by Crippen LogP contribution is -2.12. The van der Waals surface area contributed by atoms with Crippen LogP contribution < -0.4 is 10.5 Å². The molecule has 1 aliphatic rings. The van der Waals surface area contributed by atoms with Crippen molar-refractivity contribution in [2.45, 2.75) is 30.2 Å². The molecule has 0 heterocycles. The number of ether oxygens (including phenoxy) is 1. The Kier molecular flexibility index (Phi) is 4.51. The molecule has 0 aliphatic heterocycles. The van der Waals surface area contributed by atoms with Crippen molar-refractivity contribution in [1.29, 1.82) is 0 Å². The van der Waals surface area contributed by atoms with Crippen LogP contribution in [-0.4, -0.2) is 12.9 Å². The topological polar surface area (TPSA) is 35.2 Å². The number of thioether (sulfide) groups is 1. The summed E-state index contributed by atoms with van der Waals surface area (Å²) >= 11 is 1.84. The van der Waals surface area contributed by atoms with Crippen molar-refractivity contribution in [3.8, 4) is 5.75 Å². The molecule has 2 nitrogen and oxygen atoms in total. The molecular weight excluding hydrogens is 278 g/mol. The highest BCUT2D eigenvalue weighted by Gasteiger charge is 2.12. The Hall–Kier alpha value is -1.45. The standard InChI is InChI=1S/C18H21NOS/c1-20-16-8-5-14(6-9-16)18(19)12-21-17-10-7-13-3-2-4-15(13)11-17/h5-11,18H,2-4,12,19H2,1H3. The maximum atomic E-state index is 6.29. The summed E-state index contributed by atoms with van der Waals surface area (Å²) in [5.41, 5.74) is 10.5. The van der Waals surface area contributed by atoms with Gasteiger partial charge in [-0.2, -0.15) is 0 Å². The molecule has 21 heavy (non-hydrogen) atoms. The fourth-order valence-electron chi connectivity index (χ4n) is 2.77. The first-order valence-electron chi connectivity index (χ1n) is 7.40. The van der Waals surface area contributed by atoms with E-state index in [9.17, 15) is 0 Å². The second-order valence-corrected chi connectivity index (χ2v) is 6.57. The van der Waals surface area contributed by atoms with Crippen LogP contribution in [0.3, 0.4) is 0 Å². The zero-order valence-corrected chi connectivity index (χ0v) is 13.2. The van der Waals surface area contributed by atoms with Crippen LogP contribution in [0.15, 0.2) is 47.4 Å². The van der Waals surface area contributed by atoms with Gasteiger partial charge in [0.05, 0.1) is 7.11 Å². The molecule has 1 atom stereocenters. The van der Waals surface area contributed by atoms with Crippen molar-refractivity contribution >= 4 is 11.8 Å². The second kappa shape index (κ2) is 6.54. The fourth-order valence-corrected chi connectivity index (χ4v) is 3.73. The molecule has 2 aromatic carbocycles.